The Labute approximate surface area is 236 Å². The molecule has 0 amide bonds. The van der Waals surface area contributed by atoms with Crippen molar-refractivity contribution in [3.05, 3.63) is 90.9 Å². The molecule has 0 fully saturated rings. The number of benzene rings is 2. The Kier molecular flexibility index (Phi) is 10.1. The van der Waals surface area contributed by atoms with Crippen LogP contribution < -0.4 is 4.74 Å². The van der Waals surface area contributed by atoms with E-state index in [-0.39, 0.29) is 0 Å². The first kappa shape index (κ1) is 27.8. The molecule has 0 aliphatic heterocycles. The minimum atomic E-state index is 0.671. The number of aryl methyl sites for hydroxylation is 1. The van der Waals surface area contributed by atoms with Gasteiger partial charge in [0.05, 0.1) is 18.7 Å². The van der Waals surface area contributed by atoms with Crippen molar-refractivity contribution in [1.29, 1.82) is 0 Å². The fourth-order valence-electron chi connectivity index (χ4n) is 4.98. The number of hydrogen-bond acceptors (Lipinski definition) is 5. The molecule has 0 unspecified atom stereocenters. The highest BCUT2D eigenvalue weighted by atomic mass is 16.5. The molecule has 3 heterocycles. The molecule has 0 atom stereocenters. The summed E-state index contributed by atoms with van der Waals surface area (Å²) in [5, 5.41) is 2.39. The molecular formula is C34H39N3O3. The summed E-state index contributed by atoms with van der Waals surface area (Å²) < 4.78 is 19.6. The zero-order valence-corrected chi connectivity index (χ0v) is 23.4. The zero-order chi connectivity index (χ0) is 27.4. The third kappa shape index (κ3) is 7.46. The first-order chi connectivity index (χ1) is 19.8. The molecule has 5 rings (SSSR count). The second-order valence-electron chi connectivity index (χ2n) is 10.2. The van der Waals surface area contributed by atoms with Crippen molar-refractivity contribution in [2.24, 2.45) is 7.05 Å². The fraction of sp³-hybridized carbons (Fsp3) is 0.353. The summed E-state index contributed by atoms with van der Waals surface area (Å²) in [5.41, 5.74) is 5.83. The monoisotopic (exact) mass is 537 g/mol. The number of fused-ring (bicyclic) bond motifs is 3. The van der Waals surface area contributed by atoms with Crippen molar-refractivity contribution in [1.82, 2.24) is 14.5 Å². The van der Waals surface area contributed by atoms with Crippen molar-refractivity contribution in [3.63, 3.8) is 0 Å². The third-order valence-electron chi connectivity index (χ3n) is 7.25. The van der Waals surface area contributed by atoms with Gasteiger partial charge in [0, 0.05) is 73.4 Å². The highest BCUT2D eigenvalue weighted by Gasteiger charge is 2.10. The maximum Gasteiger partial charge on any atom is 0.213 e. The lowest BCUT2D eigenvalue weighted by Crippen LogP contribution is -2.02. The SMILES string of the molecule is Cn1c2ccncc2c2ccc(-c3ccc(OCCCCCOCCCCCOCc4ccccc4)nc3)cc21. The normalized spacial score (nSPS) is 11.4. The lowest BCUT2D eigenvalue weighted by atomic mass is 10.1. The van der Waals surface area contributed by atoms with Crippen LogP contribution in [0.1, 0.15) is 44.1 Å². The lowest BCUT2D eigenvalue weighted by molar-refractivity contribution is 0.105. The Balaban J connectivity index is 0.922. The molecule has 0 N–H and O–H groups in total. The van der Waals surface area contributed by atoms with E-state index in [0.29, 0.717) is 19.1 Å². The summed E-state index contributed by atoms with van der Waals surface area (Å²) in [7, 11) is 2.10. The first-order valence-corrected chi connectivity index (χ1v) is 14.4. The molecular weight excluding hydrogens is 498 g/mol. The van der Waals surface area contributed by atoms with Crippen LogP contribution in [0, 0.1) is 0 Å². The maximum atomic E-state index is 5.87. The van der Waals surface area contributed by atoms with Crippen molar-refractivity contribution in [2.45, 2.75) is 45.1 Å². The molecule has 6 heteroatoms. The average molecular weight is 538 g/mol. The summed E-state index contributed by atoms with van der Waals surface area (Å²) in [5.74, 6) is 0.671. The van der Waals surface area contributed by atoms with E-state index in [1.807, 2.05) is 42.9 Å². The molecule has 0 bridgehead atoms. The van der Waals surface area contributed by atoms with Crippen LogP contribution in [0.4, 0.5) is 0 Å². The van der Waals surface area contributed by atoms with Gasteiger partial charge in [-0.2, -0.15) is 0 Å². The van der Waals surface area contributed by atoms with Gasteiger partial charge in [-0.15, -0.1) is 0 Å². The highest BCUT2D eigenvalue weighted by molar-refractivity contribution is 6.08. The predicted molar refractivity (Wildman–Crippen MR) is 162 cm³/mol. The van der Waals surface area contributed by atoms with Crippen LogP contribution in [0.15, 0.2) is 85.3 Å². The van der Waals surface area contributed by atoms with Crippen LogP contribution in [-0.2, 0) is 23.1 Å². The van der Waals surface area contributed by atoms with Gasteiger partial charge in [0.15, 0.2) is 0 Å². The topological polar surface area (TPSA) is 58.4 Å². The van der Waals surface area contributed by atoms with E-state index in [2.05, 4.69) is 64.0 Å². The predicted octanol–water partition coefficient (Wildman–Crippen LogP) is 7.74. The van der Waals surface area contributed by atoms with Gasteiger partial charge in [0.1, 0.15) is 0 Å². The second kappa shape index (κ2) is 14.6. The van der Waals surface area contributed by atoms with Gasteiger partial charge in [0.25, 0.3) is 0 Å². The molecule has 2 aromatic carbocycles. The molecule has 0 spiro atoms. The molecule has 0 aliphatic rings. The van der Waals surface area contributed by atoms with Crippen LogP contribution in [0.2, 0.25) is 0 Å². The summed E-state index contributed by atoms with van der Waals surface area (Å²) in [6.45, 7) is 3.83. The largest absolute Gasteiger partial charge is 0.478 e. The average Bonchev–Trinajstić information content (AvgIpc) is 3.29. The molecule has 0 saturated carbocycles. The minimum Gasteiger partial charge on any atom is -0.478 e. The number of unbranched alkanes of at least 4 members (excludes halogenated alkanes) is 4. The van der Waals surface area contributed by atoms with E-state index < -0.39 is 0 Å². The minimum absolute atomic E-state index is 0.671. The Morgan fingerprint density at radius 3 is 2.17 bits per heavy atom. The zero-order valence-electron chi connectivity index (χ0n) is 23.4. The Hall–Kier alpha value is -3.74. The van der Waals surface area contributed by atoms with E-state index in [9.17, 15) is 0 Å². The standard InChI is InChI=1S/C34H39N3O3/c1-37-32-17-18-35-25-31(32)30-15-13-28(23-33(30)37)29-14-16-34(36-24-29)40-22-10-4-8-20-38-19-7-3-9-21-39-26-27-11-5-2-6-12-27/h2,5-6,11-18,23-25H,3-4,7-10,19-22,26H2,1H3. The molecule has 0 saturated heterocycles. The van der Waals surface area contributed by atoms with Crippen LogP contribution in [0.5, 0.6) is 5.88 Å². The van der Waals surface area contributed by atoms with E-state index in [0.717, 1.165) is 69.5 Å². The summed E-state index contributed by atoms with van der Waals surface area (Å²) in [6, 6.07) is 23.0. The van der Waals surface area contributed by atoms with Gasteiger partial charge in [-0.1, -0.05) is 42.5 Å². The summed E-state index contributed by atoms with van der Waals surface area (Å²) in [6.07, 6.45) is 12.1. The second-order valence-corrected chi connectivity index (χ2v) is 10.2. The number of nitrogens with zero attached hydrogens (tertiary/aromatic N) is 3. The quantitative estimate of drug-likeness (QED) is 0.121. The number of pyridine rings is 2. The van der Waals surface area contributed by atoms with E-state index in [1.54, 1.807) is 0 Å². The highest BCUT2D eigenvalue weighted by Crippen LogP contribution is 2.31. The molecule has 208 valence electrons. The van der Waals surface area contributed by atoms with Crippen LogP contribution in [-0.4, -0.2) is 41.0 Å². The molecule has 5 aromatic rings. The lowest BCUT2D eigenvalue weighted by Gasteiger charge is -2.08. The van der Waals surface area contributed by atoms with Crippen LogP contribution >= 0.6 is 0 Å². The Bertz CT molecular complexity index is 1470. The molecule has 0 radical (unpaired) electrons. The number of hydrogen-bond donors (Lipinski definition) is 0. The molecule has 0 aliphatic carbocycles. The number of rotatable bonds is 16. The van der Waals surface area contributed by atoms with E-state index >= 15 is 0 Å². The van der Waals surface area contributed by atoms with Crippen LogP contribution in [0.3, 0.4) is 0 Å². The fourth-order valence-corrected chi connectivity index (χ4v) is 4.98. The van der Waals surface area contributed by atoms with Gasteiger partial charge in [-0.05, 0) is 67.9 Å². The molecule has 3 aromatic heterocycles. The van der Waals surface area contributed by atoms with Crippen molar-refractivity contribution in [3.8, 4) is 17.0 Å². The third-order valence-corrected chi connectivity index (χ3v) is 7.25. The summed E-state index contributed by atoms with van der Waals surface area (Å²) >= 11 is 0. The van der Waals surface area contributed by atoms with Crippen molar-refractivity contribution in [2.75, 3.05) is 26.4 Å². The van der Waals surface area contributed by atoms with Gasteiger partial charge in [-0.3, -0.25) is 4.98 Å². The van der Waals surface area contributed by atoms with Crippen LogP contribution in [0.25, 0.3) is 32.9 Å². The van der Waals surface area contributed by atoms with E-state index in [4.69, 9.17) is 14.2 Å². The maximum absolute atomic E-state index is 5.87. The van der Waals surface area contributed by atoms with Gasteiger partial charge >= 0.3 is 0 Å². The Morgan fingerprint density at radius 2 is 1.40 bits per heavy atom. The smallest absolute Gasteiger partial charge is 0.213 e. The van der Waals surface area contributed by atoms with Gasteiger partial charge < -0.3 is 18.8 Å². The van der Waals surface area contributed by atoms with Gasteiger partial charge in [0.2, 0.25) is 5.88 Å². The van der Waals surface area contributed by atoms with Crippen molar-refractivity contribution < 1.29 is 14.2 Å². The molecule has 40 heavy (non-hydrogen) atoms. The summed E-state index contributed by atoms with van der Waals surface area (Å²) in [4.78, 5) is 8.83. The van der Waals surface area contributed by atoms with E-state index in [1.165, 1.54) is 27.4 Å². The molecule has 6 nitrogen and oxygen atoms in total. The first-order valence-electron chi connectivity index (χ1n) is 14.4. The number of aromatic nitrogens is 3. The van der Waals surface area contributed by atoms with Crippen molar-refractivity contribution >= 4 is 21.8 Å². The Morgan fingerprint density at radius 1 is 0.650 bits per heavy atom. The number of ether oxygens (including phenoxy) is 3. The van der Waals surface area contributed by atoms with Gasteiger partial charge in [-0.25, -0.2) is 4.98 Å².